The number of nitrogens with one attached hydrogen (secondary N) is 2. The van der Waals surface area contributed by atoms with Crippen molar-refractivity contribution in [2.45, 2.75) is 31.4 Å². The second kappa shape index (κ2) is 9.94. The maximum Gasteiger partial charge on any atom is 0.339 e. The maximum absolute atomic E-state index is 12.6. The molecule has 3 aromatic rings. The molecular weight excluding hydrogens is 458 g/mol. The van der Waals surface area contributed by atoms with Crippen LogP contribution in [0.3, 0.4) is 0 Å². The fourth-order valence-corrected chi connectivity index (χ4v) is 3.74. The first-order chi connectivity index (χ1) is 15.2. The molecule has 9 nitrogen and oxygen atoms in total. The van der Waals surface area contributed by atoms with Crippen LogP contribution in [0.5, 0.6) is 0 Å². The van der Waals surface area contributed by atoms with Gasteiger partial charge in [-0.3, -0.25) is 4.79 Å². The number of nitrogens with zero attached hydrogens (tertiary/aromatic N) is 1. The maximum atomic E-state index is 12.6. The Morgan fingerprint density at radius 2 is 2.00 bits per heavy atom. The summed E-state index contributed by atoms with van der Waals surface area (Å²) < 4.78 is 37.9. The third-order valence-corrected chi connectivity index (χ3v) is 6.01. The van der Waals surface area contributed by atoms with Gasteiger partial charge in [0.2, 0.25) is 10.0 Å². The largest absolute Gasteiger partial charge is 0.468 e. The van der Waals surface area contributed by atoms with Gasteiger partial charge >= 0.3 is 5.97 Å². The summed E-state index contributed by atoms with van der Waals surface area (Å²) in [5, 5.41) is 2.91. The van der Waals surface area contributed by atoms with Crippen molar-refractivity contribution in [1.29, 1.82) is 0 Å². The summed E-state index contributed by atoms with van der Waals surface area (Å²) in [7, 11) is -3.91. The van der Waals surface area contributed by atoms with Crippen molar-refractivity contribution >= 4 is 39.3 Å². The second-order valence-corrected chi connectivity index (χ2v) is 8.98. The standard InChI is InChI=1S/C21H20ClN3O6S/c1-13-5-7-17(32(28,29)24-12-16-4-3-9-30-16)10-18(13)21(27)31-14(2)20(26)25-19-8-6-15(22)11-23-19/h3-11,14,24H,12H2,1-2H3,(H,23,25,26). The molecule has 2 heterocycles. The van der Waals surface area contributed by atoms with Gasteiger partial charge in [0, 0.05) is 6.20 Å². The number of anilines is 1. The molecule has 0 spiro atoms. The Kier molecular flexibility index (Phi) is 7.29. The van der Waals surface area contributed by atoms with Crippen LogP contribution in [0.2, 0.25) is 5.02 Å². The number of aromatic nitrogens is 1. The highest BCUT2D eigenvalue weighted by Crippen LogP contribution is 2.18. The Hall–Kier alpha value is -3.21. The highest BCUT2D eigenvalue weighted by atomic mass is 35.5. The Bertz CT molecular complexity index is 1210. The van der Waals surface area contributed by atoms with Gasteiger partial charge in [0.1, 0.15) is 11.6 Å². The zero-order chi connectivity index (χ0) is 23.3. The fraction of sp³-hybridized carbons (Fsp3) is 0.190. The SMILES string of the molecule is Cc1ccc(S(=O)(=O)NCc2ccco2)cc1C(=O)OC(C)C(=O)Nc1ccc(Cl)cn1. The lowest BCUT2D eigenvalue weighted by molar-refractivity contribution is -0.123. The second-order valence-electron chi connectivity index (χ2n) is 6.78. The highest BCUT2D eigenvalue weighted by molar-refractivity contribution is 7.89. The van der Waals surface area contributed by atoms with Crippen LogP contribution in [-0.4, -0.2) is 31.4 Å². The number of halogens is 1. The lowest BCUT2D eigenvalue weighted by atomic mass is 10.1. The number of hydrogen-bond acceptors (Lipinski definition) is 7. The van der Waals surface area contributed by atoms with Crippen molar-refractivity contribution in [3.8, 4) is 0 Å². The van der Waals surface area contributed by atoms with E-state index in [0.29, 0.717) is 16.3 Å². The van der Waals surface area contributed by atoms with E-state index in [0.717, 1.165) is 0 Å². The van der Waals surface area contributed by atoms with Crippen molar-refractivity contribution in [2.24, 2.45) is 0 Å². The van der Waals surface area contributed by atoms with E-state index < -0.39 is 28.0 Å². The molecule has 0 saturated heterocycles. The van der Waals surface area contributed by atoms with Gasteiger partial charge in [0.05, 0.1) is 28.3 Å². The number of aryl methyl sites for hydroxylation is 1. The van der Waals surface area contributed by atoms with E-state index in [1.165, 1.54) is 43.6 Å². The number of pyridine rings is 1. The molecule has 1 atom stereocenters. The summed E-state index contributed by atoms with van der Waals surface area (Å²) >= 11 is 5.76. The van der Waals surface area contributed by atoms with E-state index in [2.05, 4.69) is 15.0 Å². The van der Waals surface area contributed by atoms with Crippen LogP contribution in [0.4, 0.5) is 5.82 Å². The van der Waals surface area contributed by atoms with Gasteiger partial charge < -0.3 is 14.5 Å². The molecule has 1 unspecified atom stereocenters. The van der Waals surface area contributed by atoms with Crippen LogP contribution < -0.4 is 10.0 Å². The molecule has 2 aromatic heterocycles. The number of rotatable bonds is 8. The summed E-state index contributed by atoms with van der Waals surface area (Å²) in [4.78, 5) is 28.8. The number of hydrogen-bond donors (Lipinski definition) is 2. The zero-order valence-electron chi connectivity index (χ0n) is 17.2. The van der Waals surface area contributed by atoms with Crippen molar-refractivity contribution < 1.29 is 27.2 Å². The first-order valence-corrected chi connectivity index (χ1v) is 11.3. The average molecular weight is 478 g/mol. The van der Waals surface area contributed by atoms with Crippen molar-refractivity contribution in [2.75, 3.05) is 5.32 Å². The predicted octanol–water partition coefficient (Wildman–Crippen LogP) is 3.30. The van der Waals surface area contributed by atoms with Crippen molar-refractivity contribution in [3.05, 3.63) is 76.8 Å². The summed E-state index contributed by atoms with van der Waals surface area (Å²) in [6.45, 7) is 2.98. The lowest BCUT2D eigenvalue weighted by Crippen LogP contribution is -2.30. The molecule has 0 bridgehead atoms. The quantitative estimate of drug-likeness (QED) is 0.476. The van der Waals surface area contributed by atoms with Crippen molar-refractivity contribution in [1.82, 2.24) is 9.71 Å². The minimum absolute atomic E-state index is 0.0233. The molecule has 11 heteroatoms. The normalized spacial score (nSPS) is 12.2. The lowest BCUT2D eigenvalue weighted by Gasteiger charge is -2.15. The topological polar surface area (TPSA) is 128 Å². The third kappa shape index (κ3) is 5.94. The highest BCUT2D eigenvalue weighted by Gasteiger charge is 2.23. The molecule has 0 aliphatic carbocycles. The number of esters is 1. The van der Waals surface area contributed by atoms with Gasteiger partial charge in [-0.15, -0.1) is 0 Å². The molecular formula is C21H20ClN3O6S. The Labute approximate surface area is 189 Å². The minimum Gasteiger partial charge on any atom is -0.468 e. The van der Waals surface area contributed by atoms with Gasteiger partial charge in [-0.1, -0.05) is 17.7 Å². The van der Waals surface area contributed by atoms with Gasteiger partial charge in [-0.25, -0.2) is 22.9 Å². The molecule has 0 saturated carbocycles. The summed E-state index contributed by atoms with van der Waals surface area (Å²) in [6, 6.07) is 10.4. The Balaban J connectivity index is 1.69. The Morgan fingerprint density at radius 1 is 1.22 bits per heavy atom. The van der Waals surface area contributed by atoms with Gasteiger partial charge in [0.15, 0.2) is 6.10 Å². The van der Waals surface area contributed by atoms with E-state index in [1.54, 1.807) is 25.1 Å². The Morgan fingerprint density at radius 3 is 2.66 bits per heavy atom. The molecule has 0 fully saturated rings. The summed E-state index contributed by atoms with van der Waals surface area (Å²) in [5.74, 6) is -0.753. The first kappa shape index (κ1) is 23.5. The van der Waals surface area contributed by atoms with E-state index in [-0.39, 0.29) is 22.8 Å². The van der Waals surface area contributed by atoms with Crippen LogP contribution in [0.1, 0.15) is 28.6 Å². The molecule has 0 aliphatic rings. The van der Waals surface area contributed by atoms with Gasteiger partial charge in [-0.2, -0.15) is 0 Å². The van der Waals surface area contributed by atoms with E-state index in [1.807, 2.05) is 0 Å². The van der Waals surface area contributed by atoms with E-state index in [4.69, 9.17) is 20.8 Å². The minimum atomic E-state index is -3.91. The first-order valence-electron chi connectivity index (χ1n) is 9.42. The van der Waals surface area contributed by atoms with Crippen molar-refractivity contribution in [3.63, 3.8) is 0 Å². The van der Waals surface area contributed by atoms with Gasteiger partial charge in [0.25, 0.3) is 5.91 Å². The number of carbonyl (C=O) groups excluding carboxylic acids is 2. The average Bonchev–Trinajstić information content (AvgIpc) is 3.28. The van der Waals surface area contributed by atoms with Crippen LogP contribution >= 0.6 is 11.6 Å². The third-order valence-electron chi connectivity index (χ3n) is 4.39. The number of furan rings is 1. The van der Waals surface area contributed by atoms with Crippen LogP contribution in [0.25, 0.3) is 0 Å². The molecule has 32 heavy (non-hydrogen) atoms. The zero-order valence-corrected chi connectivity index (χ0v) is 18.7. The summed E-state index contributed by atoms with van der Waals surface area (Å²) in [6.07, 6.45) is 1.64. The number of ether oxygens (including phenoxy) is 1. The number of sulfonamides is 1. The fourth-order valence-electron chi connectivity index (χ4n) is 2.61. The molecule has 3 rings (SSSR count). The molecule has 168 valence electrons. The van der Waals surface area contributed by atoms with E-state index in [9.17, 15) is 18.0 Å². The molecule has 1 aromatic carbocycles. The van der Waals surface area contributed by atoms with Gasteiger partial charge in [-0.05, 0) is 55.8 Å². The predicted molar refractivity (Wildman–Crippen MR) is 117 cm³/mol. The van der Waals surface area contributed by atoms with Crippen LogP contribution in [0.15, 0.2) is 64.2 Å². The smallest absolute Gasteiger partial charge is 0.339 e. The molecule has 0 radical (unpaired) electrons. The molecule has 0 aliphatic heterocycles. The number of benzene rings is 1. The van der Waals surface area contributed by atoms with E-state index >= 15 is 0 Å². The number of amides is 1. The number of carbonyl (C=O) groups is 2. The van der Waals surface area contributed by atoms with Crippen LogP contribution in [-0.2, 0) is 26.1 Å². The molecule has 2 N–H and O–H groups in total. The van der Waals surface area contributed by atoms with Crippen LogP contribution in [0, 0.1) is 6.92 Å². The monoisotopic (exact) mass is 477 g/mol. The molecule has 1 amide bonds. The summed E-state index contributed by atoms with van der Waals surface area (Å²) in [5.41, 5.74) is 0.516.